The third-order valence-corrected chi connectivity index (χ3v) is 9.33. The predicted octanol–water partition coefficient (Wildman–Crippen LogP) is 9.07. The zero-order valence-corrected chi connectivity index (χ0v) is 19.1. The van der Waals surface area contributed by atoms with Crippen LogP contribution in [0.2, 0.25) is 25.1 Å². The fraction of sp³-hybridized carbons (Fsp3) is 0.353. The second-order valence-electron chi connectivity index (χ2n) is 5.91. The minimum Gasteiger partial charge on any atom is -0.0813 e. The molecule has 0 spiro atoms. The van der Waals surface area contributed by atoms with Crippen molar-refractivity contribution in [2.24, 2.45) is 5.41 Å². The molecule has 1 aliphatic rings. The van der Waals surface area contributed by atoms with Crippen LogP contribution in [0.4, 0.5) is 0 Å². The van der Waals surface area contributed by atoms with E-state index in [0.717, 1.165) is 4.20 Å². The second-order valence-corrected chi connectivity index (χ2v) is 9.49. The van der Waals surface area contributed by atoms with Crippen LogP contribution in [0.15, 0.2) is 27.2 Å². The maximum Gasteiger partial charge on any atom is 0.0809 e. The molecule has 1 aliphatic carbocycles. The number of hydrogen-bond acceptors (Lipinski definition) is 2. The van der Waals surface area contributed by atoms with Gasteiger partial charge in [-0.1, -0.05) is 93.1 Å². The lowest BCUT2D eigenvalue weighted by atomic mass is 9.81. The average Bonchev–Trinajstić information content (AvgIpc) is 2.71. The van der Waals surface area contributed by atoms with Crippen molar-refractivity contribution in [3.63, 3.8) is 0 Å². The van der Waals surface area contributed by atoms with Crippen LogP contribution in [0.3, 0.4) is 0 Å². The van der Waals surface area contributed by atoms with Gasteiger partial charge in [-0.05, 0) is 45.8 Å². The molecule has 7 heteroatoms. The zero-order chi connectivity index (χ0) is 18.6. The van der Waals surface area contributed by atoms with Gasteiger partial charge in [0.15, 0.2) is 0 Å². The van der Waals surface area contributed by atoms with Crippen LogP contribution in [-0.4, -0.2) is 4.20 Å². The van der Waals surface area contributed by atoms with Crippen LogP contribution < -0.4 is 0 Å². The molecular weight excluding hydrogens is 446 g/mol. The van der Waals surface area contributed by atoms with Crippen LogP contribution in [-0.2, 0) is 0 Å². The lowest BCUT2D eigenvalue weighted by Gasteiger charge is -2.30. The molecule has 0 bridgehead atoms. The van der Waals surface area contributed by atoms with E-state index in [1.165, 1.54) is 34.1 Å². The van der Waals surface area contributed by atoms with Crippen LogP contribution >= 0.6 is 82.0 Å². The smallest absolute Gasteiger partial charge is 0.0809 e. The Bertz CT molecular complexity index is 768. The highest BCUT2D eigenvalue weighted by molar-refractivity contribution is 8.23. The molecule has 130 valence electrons. The van der Waals surface area contributed by atoms with Gasteiger partial charge < -0.3 is 0 Å². The topological polar surface area (TPSA) is 0 Å². The van der Waals surface area contributed by atoms with Gasteiger partial charge in [0, 0.05) is 0 Å². The number of allylic oxidation sites excluding steroid dienone is 4. The van der Waals surface area contributed by atoms with Crippen LogP contribution in [0.25, 0.3) is 0 Å². The Labute approximate surface area is 177 Å². The molecule has 0 fully saturated rings. The summed E-state index contributed by atoms with van der Waals surface area (Å²) < 4.78 is 0.743. The summed E-state index contributed by atoms with van der Waals surface area (Å²) in [5, 5.41) is 1.04. The van der Waals surface area contributed by atoms with Crippen LogP contribution in [0.5, 0.6) is 0 Å². The molecule has 1 aromatic rings. The van der Waals surface area contributed by atoms with Crippen molar-refractivity contribution in [1.29, 1.82) is 0 Å². The number of hydrogen-bond donors (Lipinski definition) is 0. The monoisotopic (exact) mass is 458 g/mol. The summed E-state index contributed by atoms with van der Waals surface area (Å²) in [6.45, 7) is 10.6. The lowest BCUT2D eigenvalue weighted by Crippen LogP contribution is -2.25. The molecule has 0 saturated heterocycles. The molecule has 0 unspecified atom stereocenters. The van der Waals surface area contributed by atoms with Gasteiger partial charge in [-0.3, -0.25) is 0 Å². The zero-order valence-electron chi connectivity index (χ0n) is 13.7. The highest BCUT2D eigenvalue weighted by atomic mass is 35.5. The maximum absolute atomic E-state index is 6.34. The predicted molar refractivity (Wildman–Crippen MR) is 115 cm³/mol. The first kappa shape index (κ1) is 20.9. The number of thiocarbonyl (C=S) groups is 1. The quantitative estimate of drug-likeness (QED) is 0.187. The number of thioether (sulfide) groups is 1. The molecular formula is C17H15Cl5S2. The molecule has 0 aliphatic heterocycles. The van der Waals surface area contributed by atoms with E-state index in [2.05, 4.69) is 34.6 Å². The fourth-order valence-electron chi connectivity index (χ4n) is 2.77. The molecule has 1 aromatic carbocycles. The highest BCUT2D eigenvalue weighted by Crippen LogP contribution is 2.54. The molecule has 0 N–H and O–H groups in total. The first-order valence-corrected chi connectivity index (χ1v) is 10.2. The third kappa shape index (κ3) is 3.07. The van der Waals surface area contributed by atoms with Gasteiger partial charge in [0.1, 0.15) is 0 Å². The average molecular weight is 461 g/mol. The molecule has 0 atom stereocenters. The first-order valence-electron chi connectivity index (χ1n) is 7.06. The van der Waals surface area contributed by atoms with E-state index in [9.17, 15) is 0 Å². The van der Waals surface area contributed by atoms with Crippen molar-refractivity contribution in [3.05, 3.63) is 47.4 Å². The molecule has 0 nitrogen and oxygen atoms in total. The largest absolute Gasteiger partial charge is 0.0813 e. The molecule has 2 rings (SSSR count). The summed E-state index contributed by atoms with van der Waals surface area (Å²) in [4.78, 5) is 0.534. The Morgan fingerprint density at radius 2 is 1.08 bits per heavy atom. The van der Waals surface area contributed by atoms with Gasteiger partial charge in [-0.2, -0.15) is 0 Å². The van der Waals surface area contributed by atoms with Gasteiger partial charge >= 0.3 is 0 Å². The Balaban J connectivity index is 2.54. The molecule has 0 saturated carbocycles. The Morgan fingerprint density at radius 1 is 0.750 bits per heavy atom. The van der Waals surface area contributed by atoms with Crippen molar-refractivity contribution < 1.29 is 0 Å². The van der Waals surface area contributed by atoms with E-state index in [1.807, 2.05) is 0 Å². The maximum atomic E-state index is 6.34. The third-order valence-electron chi connectivity index (χ3n) is 4.96. The Kier molecular flexibility index (Phi) is 6.36. The van der Waals surface area contributed by atoms with Gasteiger partial charge in [-0.25, -0.2) is 0 Å². The van der Waals surface area contributed by atoms with E-state index in [0.29, 0.717) is 4.90 Å². The highest BCUT2D eigenvalue weighted by Gasteiger charge is 2.40. The first-order chi connectivity index (χ1) is 11.0. The van der Waals surface area contributed by atoms with E-state index in [-0.39, 0.29) is 30.5 Å². The van der Waals surface area contributed by atoms with Crippen molar-refractivity contribution in [2.45, 2.75) is 39.5 Å². The Hall–Kier alpha value is 0.590. The van der Waals surface area contributed by atoms with Crippen molar-refractivity contribution in [1.82, 2.24) is 0 Å². The Morgan fingerprint density at radius 3 is 1.46 bits per heavy atom. The lowest BCUT2D eigenvalue weighted by molar-refractivity contribution is 0.692. The van der Waals surface area contributed by atoms with Crippen molar-refractivity contribution in [3.8, 4) is 0 Å². The van der Waals surface area contributed by atoms with Gasteiger partial charge in [0.2, 0.25) is 0 Å². The van der Waals surface area contributed by atoms with E-state index >= 15 is 0 Å². The molecule has 0 heterocycles. The summed E-state index contributed by atoms with van der Waals surface area (Å²) >= 11 is 38.1. The number of rotatable bonds is 2. The number of halogens is 5. The van der Waals surface area contributed by atoms with E-state index in [1.54, 1.807) is 0 Å². The number of benzene rings is 1. The molecule has 0 radical (unpaired) electrons. The van der Waals surface area contributed by atoms with Crippen LogP contribution in [0.1, 0.15) is 34.6 Å². The van der Waals surface area contributed by atoms with Crippen molar-refractivity contribution in [2.75, 3.05) is 0 Å². The second kappa shape index (κ2) is 7.31. The van der Waals surface area contributed by atoms with Gasteiger partial charge in [-0.15, -0.1) is 0 Å². The van der Waals surface area contributed by atoms with E-state index < -0.39 is 0 Å². The van der Waals surface area contributed by atoms with Gasteiger partial charge in [0.25, 0.3) is 0 Å². The summed E-state index contributed by atoms with van der Waals surface area (Å²) in [6.07, 6.45) is 0. The van der Waals surface area contributed by atoms with Crippen LogP contribution in [0, 0.1) is 5.41 Å². The van der Waals surface area contributed by atoms with Gasteiger partial charge in [0.05, 0.1) is 39.6 Å². The van der Waals surface area contributed by atoms with E-state index in [4.69, 9.17) is 70.2 Å². The molecule has 0 aromatic heterocycles. The standard InChI is InChI=1S/C17H15Cl5S2/c1-6-7(2)9(4)17(5,8(6)3)16(23)24-15-13(21)11(19)10(18)12(20)14(15)22/h1-5H3. The normalized spacial score (nSPS) is 17.1. The minimum absolute atomic E-state index is 0.148. The molecule has 0 amide bonds. The minimum atomic E-state index is -0.348. The summed E-state index contributed by atoms with van der Waals surface area (Å²) in [5.41, 5.74) is 4.64. The fourth-order valence-corrected chi connectivity index (χ4v) is 5.89. The summed E-state index contributed by atoms with van der Waals surface area (Å²) in [6, 6.07) is 0. The SMILES string of the molecule is CC1=C(C)C(C)(C(=S)Sc2c(Cl)c(Cl)c(Cl)c(Cl)c2Cl)C(C)=C1C. The summed E-state index contributed by atoms with van der Waals surface area (Å²) in [5.74, 6) is 0. The molecule has 24 heavy (non-hydrogen) atoms. The van der Waals surface area contributed by atoms with Crippen molar-refractivity contribution >= 4 is 86.2 Å². The summed E-state index contributed by atoms with van der Waals surface area (Å²) in [7, 11) is 0.